The molecule has 0 radical (unpaired) electrons. The van der Waals surface area contributed by atoms with Gasteiger partial charge in [-0.05, 0) is 60.3 Å². The first-order chi connectivity index (χ1) is 14.5. The first kappa shape index (κ1) is 32.0. The molecule has 3 aromatic carbocycles. The van der Waals surface area contributed by atoms with Gasteiger partial charge in [-0.2, -0.15) is 8.42 Å². The third-order valence-corrected chi connectivity index (χ3v) is 6.53. The molecule has 0 N–H and O–H groups in total. The normalized spacial score (nSPS) is 10.2. The third-order valence-electron chi connectivity index (χ3n) is 4.44. The van der Waals surface area contributed by atoms with Crippen molar-refractivity contribution in [1.29, 1.82) is 0 Å². The van der Waals surface area contributed by atoms with Crippen molar-refractivity contribution in [2.75, 3.05) is 11.0 Å². The second kappa shape index (κ2) is 18.4. The Bertz CT molecular complexity index is 951. The van der Waals surface area contributed by atoms with Gasteiger partial charge in [0.15, 0.2) is 0 Å². The van der Waals surface area contributed by atoms with Gasteiger partial charge >= 0.3 is 29.6 Å². The summed E-state index contributed by atoms with van der Waals surface area (Å²) >= 11 is 2.41. The van der Waals surface area contributed by atoms with Crippen LogP contribution < -0.4 is 53.5 Å². The Balaban J connectivity index is 0.000000683. The molecule has 0 unspecified atom stereocenters. The van der Waals surface area contributed by atoms with E-state index in [1.165, 1.54) is 28.4 Å². The van der Waals surface area contributed by atoms with E-state index >= 15 is 0 Å². The zero-order valence-corrected chi connectivity index (χ0v) is 25.8. The van der Waals surface area contributed by atoms with Gasteiger partial charge in [0.1, 0.15) is 0 Å². The summed E-state index contributed by atoms with van der Waals surface area (Å²) in [4.78, 5) is 0.211. The molecule has 0 aliphatic rings. The minimum Gasteiger partial charge on any atom is -1.00 e. The molecule has 3 nitrogen and oxygen atoms in total. The maximum Gasteiger partial charge on any atom is 1.00 e. The maximum atomic E-state index is 11.9. The second-order valence-corrected chi connectivity index (χ2v) is 9.65. The fourth-order valence-corrected chi connectivity index (χ4v) is 4.10. The predicted octanol–water partition coefficient (Wildman–Crippen LogP) is 0.395. The van der Waals surface area contributed by atoms with Crippen LogP contribution in [0.5, 0.6) is 0 Å². The van der Waals surface area contributed by atoms with Gasteiger partial charge in [-0.1, -0.05) is 101 Å². The van der Waals surface area contributed by atoms with Gasteiger partial charge in [0.2, 0.25) is 0 Å². The molecule has 0 amide bonds. The van der Waals surface area contributed by atoms with Crippen molar-refractivity contribution >= 4 is 32.7 Å². The molecule has 0 fully saturated rings. The molecule has 0 saturated heterocycles. The second-order valence-electron chi connectivity index (χ2n) is 6.96. The van der Waals surface area contributed by atoms with Gasteiger partial charge in [-0.25, -0.2) is 0 Å². The molecule has 0 aliphatic carbocycles. The van der Waals surface area contributed by atoms with E-state index in [0.29, 0.717) is 6.42 Å². The van der Waals surface area contributed by atoms with Crippen molar-refractivity contribution < 1.29 is 66.1 Å². The average molecular weight is 686 g/mol. The van der Waals surface area contributed by atoms with E-state index in [2.05, 4.69) is 52.9 Å². The number of hydrogen-bond donors (Lipinski definition) is 0. The zero-order chi connectivity index (χ0) is 21.7. The van der Waals surface area contributed by atoms with Gasteiger partial charge in [0.05, 0.1) is 11.5 Å². The monoisotopic (exact) mass is 686 g/mol. The van der Waals surface area contributed by atoms with Gasteiger partial charge < -0.3 is 24.0 Å². The standard InChI is InChI=1S/C16H18O3S.C9H11I.HI.Na/c1-14-9-11-16(12-10-14)20(17,18)19-13-5-8-15-6-3-2-4-7-15;10-8-4-7-9-5-2-1-3-6-9;;/h2-4,6-7,9-12H,5,8,13H2,1H3;1-3,5-6H,4,7-8H2;1H;/q;;;+1/p-1. The Morgan fingerprint density at radius 2 is 1.22 bits per heavy atom. The summed E-state index contributed by atoms with van der Waals surface area (Å²) < 4.78 is 30.2. The fourth-order valence-electron chi connectivity index (χ4n) is 2.78. The summed E-state index contributed by atoms with van der Waals surface area (Å²) in [6.07, 6.45) is 4.01. The fraction of sp³-hybridized carbons (Fsp3) is 0.280. The largest absolute Gasteiger partial charge is 1.00 e. The Morgan fingerprint density at radius 1 is 0.750 bits per heavy atom. The summed E-state index contributed by atoms with van der Waals surface area (Å²) in [5, 5.41) is 0. The van der Waals surface area contributed by atoms with Gasteiger partial charge in [-0.3, -0.25) is 4.18 Å². The van der Waals surface area contributed by atoms with Crippen LogP contribution in [-0.2, 0) is 27.1 Å². The van der Waals surface area contributed by atoms with Crippen molar-refractivity contribution in [3.8, 4) is 0 Å². The molecule has 3 aromatic rings. The number of alkyl halides is 1. The van der Waals surface area contributed by atoms with Crippen molar-refractivity contribution in [3.05, 3.63) is 102 Å². The SMILES string of the molecule is Cc1ccc(S(=O)(=O)OCCCc2ccccc2)cc1.ICCCc1ccccc1.[I-].[Na+]. The van der Waals surface area contributed by atoms with Crippen LogP contribution in [0.15, 0.2) is 89.8 Å². The number of halogens is 2. The molecule has 3 rings (SSSR count). The number of hydrogen-bond acceptors (Lipinski definition) is 3. The molecule has 0 saturated carbocycles. The quantitative estimate of drug-likeness (QED) is 0.108. The van der Waals surface area contributed by atoms with Crippen molar-refractivity contribution in [2.45, 2.75) is 37.5 Å². The Morgan fingerprint density at radius 3 is 1.69 bits per heavy atom. The van der Waals surface area contributed by atoms with E-state index in [1.807, 2.05) is 37.3 Å². The van der Waals surface area contributed by atoms with E-state index in [-0.39, 0.29) is 65.0 Å². The van der Waals surface area contributed by atoms with Crippen LogP contribution in [0, 0.1) is 6.92 Å². The maximum absolute atomic E-state index is 11.9. The number of rotatable bonds is 9. The molecule has 0 atom stereocenters. The molecule has 0 heterocycles. The van der Waals surface area contributed by atoms with E-state index in [9.17, 15) is 8.42 Å². The minimum absolute atomic E-state index is 0. The van der Waals surface area contributed by atoms with Crippen LogP contribution in [-0.4, -0.2) is 19.5 Å². The number of aryl methyl sites for hydroxylation is 3. The van der Waals surface area contributed by atoms with E-state index in [0.717, 1.165) is 12.0 Å². The molecular formula is C25H29I2NaO3S. The van der Waals surface area contributed by atoms with Gasteiger partial charge in [0.25, 0.3) is 10.1 Å². The Kier molecular flexibility index (Phi) is 18.4. The van der Waals surface area contributed by atoms with Crippen LogP contribution in [0.25, 0.3) is 0 Å². The first-order valence-corrected chi connectivity index (χ1v) is 13.0. The summed E-state index contributed by atoms with van der Waals surface area (Å²) in [7, 11) is -3.63. The van der Waals surface area contributed by atoms with Crippen molar-refractivity contribution in [2.24, 2.45) is 0 Å². The summed E-state index contributed by atoms with van der Waals surface area (Å²) in [5.74, 6) is 0. The smallest absolute Gasteiger partial charge is 1.00 e. The van der Waals surface area contributed by atoms with Crippen LogP contribution in [0.3, 0.4) is 0 Å². The molecular weight excluding hydrogens is 657 g/mol. The molecule has 0 bridgehead atoms. The molecule has 0 spiro atoms. The third kappa shape index (κ3) is 13.1. The average Bonchev–Trinajstić information content (AvgIpc) is 2.77. The Labute approximate surface area is 246 Å². The topological polar surface area (TPSA) is 43.4 Å². The zero-order valence-electron chi connectivity index (χ0n) is 18.7. The minimum atomic E-state index is -3.63. The molecule has 7 heteroatoms. The molecule has 0 aromatic heterocycles. The van der Waals surface area contributed by atoms with Gasteiger partial charge in [0, 0.05) is 0 Å². The molecule has 0 aliphatic heterocycles. The number of benzene rings is 3. The van der Waals surface area contributed by atoms with Crippen molar-refractivity contribution in [1.82, 2.24) is 0 Å². The van der Waals surface area contributed by atoms with Gasteiger partial charge in [-0.15, -0.1) is 0 Å². The van der Waals surface area contributed by atoms with Crippen molar-refractivity contribution in [3.63, 3.8) is 0 Å². The van der Waals surface area contributed by atoms with Crippen LogP contribution >= 0.6 is 22.6 Å². The molecule has 32 heavy (non-hydrogen) atoms. The van der Waals surface area contributed by atoms with Crippen LogP contribution in [0.4, 0.5) is 0 Å². The summed E-state index contributed by atoms with van der Waals surface area (Å²) in [5.41, 5.74) is 3.66. The molecule has 168 valence electrons. The first-order valence-electron chi connectivity index (χ1n) is 10.1. The predicted molar refractivity (Wildman–Crippen MR) is 133 cm³/mol. The van der Waals surface area contributed by atoms with E-state index in [4.69, 9.17) is 4.18 Å². The van der Waals surface area contributed by atoms with E-state index in [1.54, 1.807) is 24.3 Å². The van der Waals surface area contributed by atoms with E-state index < -0.39 is 10.1 Å². The van der Waals surface area contributed by atoms with Crippen LogP contribution in [0.1, 0.15) is 29.5 Å². The summed E-state index contributed by atoms with van der Waals surface area (Å²) in [6, 6.07) is 27.3. The summed E-state index contributed by atoms with van der Waals surface area (Å²) in [6.45, 7) is 2.11. The Hall–Kier alpha value is 0.0300. The van der Waals surface area contributed by atoms with Crippen LogP contribution in [0.2, 0.25) is 0 Å².